The molecule has 0 nitrogen and oxygen atoms in total. The Kier molecular flexibility index (Phi) is 1.79. The SMILES string of the molecule is C#CC/C=C/S(F)(F)(F)(F)F. The molecule has 0 amide bonds. The summed E-state index contributed by atoms with van der Waals surface area (Å²) < 4.78 is 56.9. The summed E-state index contributed by atoms with van der Waals surface area (Å²) in [6, 6.07) is 0. The molecule has 0 saturated carbocycles. The van der Waals surface area contributed by atoms with Crippen LogP contribution in [0.3, 0.4) is 0 Å². The van der Waals surface area contributed by atoms with E-state index < -0.39 is 22.1 Å². The molecule has 66 valence electrons. The summed E-state index contributed by atoms with van der Waals surface area (Å²) in [5, 5.41) is -1.04. The molecule has 0 atom stereocenters. The molecule has 0 radical (unpaired) electrons. The van der Waals surface area contributed by atoms with Crippen LogP contribution in [0.2, 0.25) is 0 Å². The van der Waals surface area contributed by atoms with E-state index in [4.69, 9.17) is 0 Å². The van der Waals surface area contributed by atoms with Gasteiger partial charge in [-0.15, -0.1) is 12.3 Å². The maximum absolute atomic E-state index is 11.4. The lowest BCUT2D eigenvalue weighted by Gasteiger charge is -2.36. The second-order valence-corrected chi connectivity index (χ2v) is 4.14. The molecule has 0 aromatic heterocycles. The predicted molar refractivity (Wildman–Crippen MR) is 35.7 cm³/mol. The number of terminal acetylenes is 1. The minimum atomic E-state index is -9.35. The van der Waals surface area contributed by atoms with Crippen molar-refractivity contribution in [3.05, 3.63) is 11.5 Å². The number of halogens is 5. The van der Waals surface area contributed by atoms with Crippen molar-refractivity contribution in [1.29, 1.82) is 0 Å². The van der Waals surface area contributed by atoms with Crippen molar-refractivity contribution in [2.75, 3.05) is 0 Å². The zero-order valence-electron chi connectivity index (χ0n) is 5.24. The molecule has 0 unspecified atom stereocenters. The summed E-state index contributed by atoms with van der Waals surface area (Å²) >= 11 is 0. The summed E-state index contributed by atoms with van der Waals surface area (Å²) in [7, 11) is -9.35. The molecular weight excluding hydrogens is 187 g/mol. The first-order valence-electron chi connectivity index (χ1n) is 2.39. The van der Waals surface area contributed by atoms with Crippen LogP contribution in [0.4, 0.5) is 19.4 Å². The Morgan fingerprint density at radius 3 is 1.91 bits per heavy atom. The van der Waals surface area contributed by atoms with Crippen molar-refractivity contribution in [1.82, 2.24) is 0 Å². The maximum atomic E-state index is 11.4. The van der Waals surface area contributed by atoms with Gasteiger partial charge in [-0.2, -0.15) is 0 Å². The van der Waals surface area contributed by atoms with Gasteiger partial charge in [-0.1, -0.05) is 25.5 Å². The van der Waals surface area contributed by atoms with Gasteiger partial charge in [-0.05, 0) is 0 Å². The second kappa shape index (κ2) is 1.91. The lowest BCUT2D eigenvalue weighted by molar-refractivity contribution is 0.384. The molecule has 0 fully saturated rings. The molecule has 0 rings (SSSR count). The van der Waals surface area contributed by atoms with E-state index in [1.54, 1.807) is 5.92 Å². The summed E-state index contributed by atoms with van der Waals surface area (Å²) in [4.78, 5) is 0. The zero-order chi connectivity index (χ0) is 9.24. The quantitative estimate of drug-likeness (QED) is 0.460. The van der Waals surface area contributed by atoms with Gasteiger partial charge in [0.15, 0.2) is 0 Å². The van der Waals surface area contributed by atoms with E-state index in [2.05, 4.69) is 6.42 Å². The maximum Gasteiger partial charge on any atom is 0.304 e. The van der Waals surface area contributed by atoms with E-state index in [1.807, 2.05) is 0 Å². The third-order valence-corrected chi connectivity index (χ3v) is 1.30. The molecule has 0 spiro atoms. The molecule has 0 aromatic rings. The normalized spacial score (nSPS) is 18.9. The fraction of sp³-hybridized carbons (Fsp3) is 0.200. The number of hydrogen-bond acceptors (Lipinski definition) is 0. The molecule has 0 saturated heterocycles. The van der Waals surface area contributed by atoms with Gasteiger partial charge >= 0.3 is 10.2 Å². The van der Waals surface area contributed by atoms with Gasteiger partial charge in [0.1, 0.15) is 0 Å². The first-order valence-corrected chi connectivity index (χ1v) is 4.41. The monoisotopic (exact) mass is 192 g/mol. The molecule has 0 aliphatic heterocycles. The Morgan fingerprint density at radius 1 is 1.18 bits per heavy atom. The predicted octanol–water partition coefficient (Wildman–Crippen LogP) is 3.82. The largest absolute Gasteiger partial charge is 0.304 e. The van der Waals surface area contributed by atoms with Crippen LogP contribution in [0.5, 0.6) is 0 Å². The minimum Gasteiger partial charge on any atom is -0.120 e. The fourth-order valence-electron chi connectivity index (χ4n) is 0.298. The van der Waals surface area contributed by atoms with Crippen LogP contribution in [0.25, 0.3) is 0 Å². The Hall–Kier alpha value is -0.700. The van der Waals surface area contributed by atoms with Gasteiger partial charge in [0.05, 0.1) is 5.41 Å². The Bertz CT molecular complexity index is 213. The second-order valence-electron chi connectivity index (χ2n) is 1.81. The van der Waals surface area contributed by atoms with Crippen LogP contribution >= 0.6 is 10.2 Å². The van der Waals surface area contributed by atoms with Gasteiger partial charge in [-0.3, -0.25) is 0 Å². The first-order chi connectivity index (χ1) is 4.54. The number of allylic oxidation sites excluding steroid dienone is 1. The van der Waals surface area contributed by atoms with Crippen molar-refractivity contribution in [2.45, 2.75) is 6.42 Å². The average molecular weight is 192 g/mol. The number of hydrogen-bond donors (Lipinski definition) is 0. The van der Waals surface area contributed by atoms with E-state index in [0.717, 1.165) is 0 Å². The average Bonchev–Trinajstić information content (AvgIpc) is 1.59. The Morgan fingerprint density at radius 2 is 1.64 bits per heavy atom. The third kappa shape index (κ3) is 9.30. The van der Waals surface area contributed by atoms with Gasteiger partial charge < -0.3 is 0 Å². The van der Waals surface area contributed by atoms with Crippen LogP contribution in [-0.2, 0) is 0 Å². The zero-order valence-corrected chi connectivity index (χ0v) is 6.05. The summed E-state index contributed by atoms with van der Waals surface area (Å²) in [6.45, 7) is 0. The van der Waals surface area contributed by atoms with Gasteiger partial charge in [0.25, 0.3) is 0 Å². The third-order valence-electron chi connectivity index (χ3n) is 0.589. The van der Waals surface area contributed by atoms with Crippen molar-refractivity contribution in [3.63, 3.8) is 0 Å². The van der Waals surface area contributed by atoms with E-state index in [-0.39, 0.29) is 6.08 Å². The Balaban J connectivity index is 4.53. The molecule has 0 bridgehead atoms. The molecular formula is C5H5F5S. The van der Waals surface area contributed by atoms with Crippen LogP contribution in [0.1, 0.15) is 6.42 Å². The molecule has 6 heteroatoms. The highest BCUT2D eigenvalue weighted by molar-refractivity contribution is 8.48. The molecule has 11 heavy (non-hydrogen) atoms. The standard InChI is InChI=1S/C5H5F5S/c1-2-3-4-5-11(6,7,8,9)10/h1,4-5H,3H2/b5-4+. The van der Waals surface area contributed by atoms with Crippen LogP contribution in [0.15, 0.2) is 11.5 Å². The summed E-state index contributed by atoms with van der Waals surface area (Å²) in [5.41, 5.74) is 0. The van der Waals surface area contributed by atoms with E-state index in [0.29, 0.717) is 0 Å². The van der Waals surface area contributed by atoms with Gasteiger partial charge in [0, 0.05) is 6.42 Å². The smallest absolute Gasteiger partial charge is 0.120 e. The molecule has 0 aromatic carbocycles. The minimum absolute atomic E-state index is 0.224. The number of rotatable bonds is 2. The molecule has 0 aliphatic rings. The highest BCUT2D eigenvalue weighted by Gasteiger charge is 2.60. The van der Waals surface area contributed by atoms with Crippen molar-refractivity contribution in [2.24, 2.45) is 0 Å². The van der Waals surface area contributed by atoms with E-state index in [1.165, 1.54) is 0 Å². The molecule has 0 aliphatic carbocycles. The fourth-order valence-corrected chi connectivity index (χ4v) is 0.758. The lowest BCUT2D eigenvalue weighted by Crippen LogP contribution is -1.98. The van der Waals surface area contributed by atoms with Gasteiger partial charge in [0.2, 0.25) is 0 Å². The van der Waals surface area contributed by atoms with Crippen LogP contribution < -0.4 is 0 Å². The van der Waals surface area contributed by atoms with Crippen LogP contribution in [-0.4, -0.2) is 0 Å². The van der Waals surface area contributed by atoms with Crippen molar-refractivity contribution in [3.8, 4) is 12.3 Å². The topological polar surface area (TPSA) is 0 Å². The highest BCUT2D eigenvalue weighted by atomic mass is 32.5. The van der Waals surface area contributed by atoms with Crippen molar-refractivity contribution < 1.29 is 19.4 Å². The highest BCUT2D eigenvalue weighted by Crippen LogP contribution is 2.98. The molecule has 0 heterocycles. The van der Waals surface area contributed by atoms with Crippen LogP contribution in [0, 0.1) is 12.3 Å². The van der Waals surface area contributed by atoms with E-state index in [9.17, 15) is 19.4 Å². The summed E-state index contributed by atoms with van der Waals surface area (Å²) in [6.07, 6.45) is 4.31. The van der Waals surface area contributed by atoms with Crippen molar-refractivity contribution >= 4 is 10.2 Å². The summed E-state index contributed by atoms with van der Waals surface area (Å²) in [5.74, 6) is 1.77. The molecule has 0 N–H and O–H groups in total. The van der Waals surface area contributed by atoms with E-state index >= 15 is 0 Å². The Labute approximate surface area is 60.8 Å². The lowest BCUT2D eigenvalue weighted by atomic mass is 10.5. The first kappa shape index (κ1) is 10.3. The van der Waals surface area contributed by atoms with Gasteiger partial charge in [-0.25, -0.2) is 0 Å².